The van der Waals surface area contributed by atoms with Crippen molar-refractivity contribution in [1.82, 2.24) is 9.88 Å². The third-order valence-electron chi connectivity index (χ3n) is 7.14. The van der Waals surface area contributed by atoms with Crippen LogP contribution in [0.5, 0.6) is 0 Å². The predicted octanol–water partition coefficient (Wildman–Crippen LogP) is 4.29. The molecule has 2 fully saturated rings. The lowest BCUT2D eigenvalue weighted by molar-refractivity contribution is -0.148. The molecule has 0 aliphatic carbocycles. The largest absolute Gasteiger partial charge is 0.381 e. The predicted molar refractivity (Wildman–Crippen MR) is 129 cm³/mol. The van der Waals surface area contributed by atoms with E-state index in [0.29, 0.717) is 33.0 Å². The number of pyridine rings is 1. The molecule has 0 saturated carbocycles. The van der Waals surface area contributed by atoms with Gasteiger partial charge in [-0.05, 0) is 54.3 Å². The maximum atomic E-state index is 14.0. The highest BCUT2D eigenvalue weighted by Gasteiger charge is 2.43. The van der Waals surface area contributed by atoms with Crippen LogP contribution in [0.15, 0.2) is 67.0 Å². The molecular weight excluding hydrogens is 412 g/mol. The fourth-order valence-electron chi connectivity index (χ4n) is 5.33. The fourth-order valence-corrected chi connectivity index (χ4v) is 5.33. The van der Waals surface area contributed by atoms with Crippen molar-refractivity contribution < 1.29 is 14.3 Å². The molecule has 2 aliphatic heterocycles. The van der Waals surface area contributed by atoms with Crippen LogP contribution in [0.2, 0.25) is 0 Å². The van der Waals surface area contributed by atoms with E-state index in [2.05, 4.69) is 52.3 Å². The van der Waals surface area contributed by atoms with E-state index in [1.54, 1.807) is 0 Å². The zero-order chi connectivity index (χ0) is 22.5. The summed E-state index contributed by atoms with van der Waals surface area (Å²) in [5, 5.41) is 2.35. The molecule has 1 unspecified atom stereocenters. The highest BCUT2D eigenvalue weighted by Crippen LogP contribution is 2.37. The van der Waals surface area contributed by atoms with Crippen molar-refractivity contribution in [2.75, 3.05) is 39.5 Å². The lowest BCUT2D eigenvalue weighted by Crippen LogP contribution is -2.50. The smallest absolute Gasteiger partial charge is 0.229 e. The second kappa shape index (κ2) is 10.0. The third kappa shape index (κ3) is 5.10. The normalized spacial score (nSPS) is 21.0. The van der Waals surface area contributed by atoms with Gasteiger partial charge in [0.2, 0.25) is 5.91 Å². The van der Waals surface area contributed by atoms with Crippen molar-refractivity contribution in [2.45, 2.75) is 25.7 Å². The lowest BCUT2D eigenvalue weighted by atomic mass is 9.74. The Kier molecular flexibility index (Phi) is 6.70. The maximum absolute atomic E-state index is 14.0. The van der Waals surface area contributed by atoms with Crippen LogP contribution < -0.4 is 0 Å². The molecule has 1 amide bonds. The van der Waals surface area contributed by atoms with Crippen molar-refractivity contribution in [3.05, 3.63) is 78.1 Å². The van der Waals surface area contributed by atoms with Crippen molar-refractivity contribution in [2.24, 2.45) is 11.3 Å². The molecule has 33 heavy (non-hydrogen) atoms. The number of ether oxygens (including phenoxy) is 2. The Hall–Kier alpha value is -2.76. The molecule has 2 aromatic carbocycles. The fraction of sp³-hybridized carbons (Fsp3) is 0.429. The number of carbonyl (C=O) groups excluding carboxylic acids is 1. The molecular formula is C28H32N2O3. The average Bonchev–Trinajstić information content (AvgIpc) is 3.10. The van der Waals surface area contributed by atoms with E-state index >= 15 is 0 Å². The molecule has 0 spiro atoms. The van der Waals surface area contributed by atoms with Crippen molar-refractivity contribution in [1.29, 1.82) is 0 Å². The number of nitrogens with zero attached hydrogens (tertiary/aromatic N) is 2. The van der Waals surface area contributed by atoms with E-state index in [-0.39, 0.29) is 17.2 Å². The zero-order valence-electron chi connectivity index (χ0n) is 19.1. The van der Waals surface area contributed by atoms with Gasteiger partial charge in [-0.2, -0.15) is 0 Å². The van der Waals surface area contributed by atoms with Gasteiger partial charge < -0.3 is 14.4 Å². The van der Waals surface area contributed by atoms with Crippen molar-refractivity contribution in [3.63, 3.8) is 0 Å². The Balaban J connectivity index is 1.33. The SMILES string of the molecule is O=C(N1CCOCC(Cc2ccc3ccncc3c2)C1)C1(Cc2ccccc2)CCOCC1. The maximum Gasteiger partial charge on any atom is 0.229 e. The molecule has 0 radical (unpaired) electrons. The summed E-state index contributed by atoms with van der Waals surface area (Å²) in [6, 6.07) is 19.0. The molecule has 1 aromatic heterocycles. The van der Waals surface area contributed by atoms with Crippen molar-refractivity contribution >= 4 is 16.7 Å². The topological polar surface area (TPSA) is 51.7 Å². The van der Waals surface area contributed by atoms with Gasteiger partial charge in [-0.15, -0.1) is 0 Å². The Labute approximate surface area is 195 Å². The second-order valence-corrected chi connectivity index (χ2v) is 9.51. The van der Waals surface area contributed by atoms with Gasteiger partial charge in [0.25, 0.3) is 0 Å². The minimum Gasteiger partial charge on any atom is -0.381 e. The van der Waals surface area contributed by atoms with Crippen LogP contribution in [0, 0.1) is 11.3 Å². The van der Waals surface area contributed by atoms with E-state index < -0.39 is 0 Å². The van der Waals surface area contributed by atoms with Crippen LogP contribution >= 0.6 is 0 Å². The molecule has 5 heteroatoms. The summed E-state index contributed by atoms with van der Waals surface area (Å²) in [7, 11) is 0. The van der Waals surface area contributed by atoms with Crippen LogP contribution in [0.1, 0.15) is 24.0 Å². The molecule has 3 heterocycles. The first-order chi connectivity index (χ1) is 16.2. The molecule has 1 atom stereocenters. The summed E-state index contributed by atoms with van der Waals surface area (Å²) in [5.74, 6) is 0.548. The van der Waals surface area contributed by atoms with E-state index in [4.69, 9.17) is 9.47 Å². The number of fused-ring (bicyclic) bond motifs is 1. The Morgan fingerprint density at radius 1 is 0.970 bits per heavy atom. The molecule has 0 bridgehead atoms. The molecule has 2 aliphatic rings. The van der Waals surface area contributed by atoms with Crippen LogP contribution in [0.25, 0.3) is 10.8 Å². The van der Waals surface area contributed by atoms with E-state index in [1.165, 1.54) is 16.5 Å². The third-order valence-corrected chi connectivity index (χ3v) is 7.14. The van der Waals surface area contributed by atoms with Gasteiger partial charge in [0.1, 0.15) is 0 Å². The molecule has 172 valence electrons. The highest BCUT2D eigenvalue weighted by molar-refractivity contribution is 5.83. The van der Waals surface area contributed by atoms with Crippen LogP contribution in [0.3, 0.4) is 0 Å². The summed E-state index contributed by atoms with van der Waals surface area (Å²) < 4.78 is 11.6. The van der Waals surface area contributed by atoms with Gasteiger partial charge in [0.15, 0.2) is 0 Å². The first kappa shape index (κ1) is 22.1. The quantitative estimate of drug-likeness (QED) is 0.589. The number of carbonyl (C=O) groups is 1. The van der Waals surface area contributed by atoms with E-state index in [1.807, 2.05) is 24.5 Å². The Morgan fingerprint density at radius 2 is 1.82 bits per heavy atom. The van der Waals surface area contributed by atoms with Gasteiger partial charge in [-0.25, -0.2) is 0 Å². The van der Waals surface area contributed by atoms with Crippen LogP contribution in [-0.2, 0) is 27.1 Å². The van der Waals surface area contributed by atoms with Gasteiger partial charge in [-0.3, -0.25) is 9.78 Å². The van der Waals surface area contributed by atoms with Gasteiger partial charge in [-0.1, -0.05) is 42.5 Å². The second-order valence-electron chi connectivity index (χ2n) is 9.51. The molecule has 5 nitrogen and oxygen atoms in total. The van der Waals surface area contributed by atoms with Gasteiger partial charge in [0.05, 0.1) is 18.6 Å². The number of hydrogen-bond acceptors (Lipinski definition) is 4. The number of aromatic nitrogens is 1. The summed E-state index contributed by atoms with van der Waals surface area (Å²) in [4.78, 5) is 20.3. The zero-order valence-corrected chi connectivity index (χ0v) is 19.1. The summed E-state index contributed by atoms with van der Waals surface area (Å²) in [5.41, 5.74) is 2.10. The van der Waals surface area contributed by atoms with Gasteiger partial charge >= 0.3 is 0 Å². The van der Waals surface area contributed by atoms with Gasteiger partial charge in [0, 0.05) is 50.0 Å². The van der Waals surface area contributed by atoms with Crippen molar-refractivity contribution in [3.8, 4) is 0 Å². The van der Waals surface area contributed by atoms with E-state index in [9.17, 15) is 4.79 Å². The van der Waals surface area contributed by atoms with Crippen LogP contribution in [-0.4, -0.2) is 55.3 Å². The standard InChI is InChI=1S/C28H32N2O3/c31-27(28(9-13-32-14-10-28)18-22-4-2-1-3-5-22)30-12-15-33-21-24(20-30)16-23-6-7-25-8-11-29-19-26(25)17-23/h1-8,11,17,19,24H,9-10,12-16,18,20-21H2. The number of benzene rings is 2. The first-order valence-electron chi connectivity index (χ1n) is 12.0. The first-order valence-corrected chi connectivity index (χ1v) is 12.0. The van der Waals surface area contributed by atoms with Crippen LogP contribution in [0.4, 0.5) is 0 Å². The minimum absolute atomic E-state index is 0.271. The summed E-state index contributed by atoms with van der Waals surface area (Å²) in [6.45, 7) is 3.98. The summed E-state index contributed by atoms with van der Waals surface area (Å²) >= 11 is 0. The number of rotatable bonds is 5. The summed E-state index contributed by atoms with van der Waals surface area (Å²) in [6.07, 6.45) is 6.96. The number of hydrogen-bond donors (Lipinski definition) is 0. The minimum atomic E-state index is -0.386. The Bertz CT molecular complexity index is 1080. The average molecular weight is 445 g/mol. The monoisotopic (exact) mass is 444 g/mol. The molecule has 3 aromatic rings. The lowest BCUT2D eigenvalue weighted by Gasteiger charge is -2.40. The van der Waals surface area contributed by atoms with E-state index in [0.717, 1.165) is 37.6 Å². The Morgan fingerprint density at radius 3 is 2.67 bits per heavy atom. The molecule has 2 saturated heterocycles. The number of amides is 1. The molecule has 5 rings (SSSR count). The highest BCUT2D eigenvalue weighted by atomic mass is 16.5. The molecule has 0 N–H and O–H groups in total.